The number of carbonyl (C=O) groups is 1. The van der Waals surface area contributed by atoms with Gasteiger partial charge in [0.2, 0.25) is 5.91 Å². The number of amides is 1. The second-order valence-electron chi connectivity index (χ2n) is 6.95. The van der Waals surface area contributed by atoms with Crippen LogP contribution in [0.1, 0.15) is 45.0 Å². The Bertz CT molecular complexity index is 874. The van der Waals surface area contributed by atoms with E-state index in [2.05, 4.69) is 22.2 Å². The van der Waals surface area contributed by atoms with Gasteiger partial charge in [-0.25, -0.2) is 8.42 Å². The van der Waals surface area contributed by atoms with E-state index in [0.29, 0.717) is 11.1 Å². The molecule has 1 N–H and O–H groups in total. The summed E-state index contributed by atoms with van der Waals surface area (Å²) in [6.45, 7) is 0.730. The van der Waals surface area contributed by atoms with Gasteiger partial charge in [-0.3, -0.25) is 9.79 Å². The van der Waals surface area contributed by atoms with Gasteiger partial charge in [-0.2, -0.15) is 0 Å². The van der Waals surface area contributed by atoms with E-state index < -0.39 is 9.84 Å². The van der Waals surface area contributed by atoms with Gasteiger partial charge < -0.3 is 5.32 Å². The molecule has 0 saturated heterocycles. The molecule has 0 spiro atoms. The molecule has 0 fully saturated rings. The highest BCUT2D eigenvalue weighted by Gasteiger charge is 2.27. The average molecular weight is 407 g/mol. The van der Waals surface area contributed by atoms with Crippen LogP contribution in [-0.2, 0) is 14.6 Å². The summed E-state index contributed by atoms with van der Waals surface area (Å²) in [5.41, 5.74) is 0.841. The number of nitrogens with one attached hydrogen (secondary N) is 1. The van der Waals surface area contributed by atoms with Crippen molar-refractivity contribution in [2.75, 3.05) is 18.6 Å². The topological polar surface area (TPSA) is 75.6 Å². The minimum Gasteiger partial charge on any atom is -0.305 e. The van der Waals surface area contributed by atoms with Crippen molar-refractivity contribution in [3.05, 3.63) is 29.8 Å². The molecule has 1 amide bonds. The Balaban J connectivity index is 0.00000280. The molecule has 1 aromatic carbocycles. The van der Waals surface area contributed by atoms with E-state index in [9.17, 15) is 13.2 Å². The van der Waals surface area contributed by atoms with Crippen molar-refractivity contribution in [1.29, 1.82) is 0 Å². The van der Waals surface area contributed by atoms with E-state index in [1.54, 1.807) is 36.0 Å². The first-order valence-electron chi connectivity index (χ1n) is 9.17. The van der Waals surface area contributed by atoms with Crippen LogP contribution in [0.25, 0.3) is 0 Å². The van der Waals surface area contributed by atoms with Crippen LogP contribution in [0, 0.1) is 17.8 Å². The van der Waals surface area contributed by atoms with E-state index in [4.69, 9.17) is 0 Å². The van der Waals surface area contributed by atoms with Gasteiger partial charge in [-0.15, -0.1) is 11.8 Å². The molecule has 1 aliphatic heterocycles. The molecule has 1 unspecified atom stereocenters. The lowest BCUT2D eigenvalue weighted by Crippen LogP contribution is -2.33. The molecular formula is C20H26N2O3S2. The Labute approximate surface area is 166 Å². The van der Waals surface area contributed by atoms with Gasteiger partial charge >= 0.3 is 0 Å². The van der Waals surface area contributed by atoms with E-state index in [-0.39, 0.29) is 18.1 Å². The van der Waals surface area contributed by atoms with Crippen molar-refractivity contribution in [2.24, 2.45) is 10.9 Å². The van der Waals surface area contributed by atoms with Crippen LogP contribution in [0.4, 0.5) is 0 Å². The predicted molar refractivity (Wildman–Crippen MR) is 112 cm³/mol. The number of nitrogens with zero attached hydrogens (tertiary/aromatic N) is 1. The van der Waals surface area contributed by atoms with Crippen molar-refractivity contribution in [3.8, 4) is 11.8 Å². The van der Waals surface area contributed by atoms with Crippen LogP contribution in [0.3, 0.4) is 0 Å². The van der Waals surface area contributed by atoms with Gasteiger partial charge in [0.15, 0.2) is 15.0 Å². The lowest BCUT2D eigenvalue weighted by Gasteiger charge is -2.22. The fourth-order valence-corrected chi connectivity index (χ4v) is 4.75. The number of hydrogen-bond acceptors (Lipinski definition) is 5. The Morgan fingerprint density at radius 2 is 1.96 bits per heavy atom. The molecule has 1 heterocycles. The number of thioether (sulfide) groups is 1. The Hall–Kier alpha value is -1.78. The molecule has 27 heavy (non-hydrogen) atoms. The first-order valence-corrected chi connectivity index (χ1v) is 12.0. The van der Waals surface area contributed by atoms with Crippen molar-refractivity contribution < 1.29 is 14.6 Å². The van der Waals surface area contributed by atoms with Crippen LogP contribution < -0.4 is 5.32 Å². The Kier molecular flexibility index (Phi) is 6.61. The minimum atomic E-state index is -3.26. The summed E-state index contributed by atoms with van der Waals surface area (Å²) in [6, 6.07) is 6.70. The third-order valence-corrected chi connectivity index (χ3v) is 6.91. The maximum atomic E-state index is 13.0. The van der Waals surface area contributed by atoms with Crippen molar-refractivity contribution in [2.45, 2.75) is 42.9 Å². The SMILES string of the molecule is CS(=O)(=O)c1ccc(C(CC2CCC#CCC2)C(=O)NC2=NCCS2)cc1.[HH]. The first kappa shape index (κ1) is 20.0. The number of aliphatic imine (C=N–C) groups is 1. The van der Waals surface area contributed by atoms with Crippen LogP contribution in [0.2, 0.25) is 0 Å². The van der Waals surface area contributed by atoms with Gasteiger partial charge in [0, 0.05) is 26.3 Å². The normalized spacial score (nSPS) is 18.8. The highest BCUT2D eigenvalue weighted by Crippen LogP contribution is 2.31. The number of carbonyl (C=O) groups excluding carboxylic acids is 1. The third-order valence-electron chi connectivity index (χ3n) is 4.89. The molecule has 146 valence electrons. The van der Waals surface area contributed by atoms with Crippen LogP contribution in [0.5, 0.6) is 0 Å². The fraction of sp³-hybridized carbons (Fsp3) is 0.500. The molecule has 2 aliphatic rings. The molecule has 1 aromatic rings. The van der Waals surface area contributed by atoms with Crippen LogP contribution >= 0.6 is 11.8 Å². The van der Waals surface area contributed by atoms with Gasteiger partial charge in [-0.05, 0) is 42.9 Å². The number of rotatable bonds is 5. The second kappa shape index (κ2) is 8.94. The Morgan fingerprint density at radius 3 is 2.52 bits per heavy atom. The van der Waals surface area contributed by atoms with E-state index in [0.717, 1.165) is 50.0 Å². The summed E-state index contributed by atoms with van der Waals surface area (Å²) in [7, 11) is -3.26. The molecule has 1 aliphatic carbocycles. The standard InChI is InChI=1S/C20H24N2O3S2.H2/c1-27(24,25)17-10-8-16(9-11-17)18(14-15-6-4-2-3-5-7-15)19(23)22-20-21-12-13-26-20;/h8-11,15,18H,4-7,12-14H2,1H3,(H,21,22,23);1H. The van der Waals surface area contributed by atoms with Gasteiger partial charge in [0.1, 0.15) is 0 Å². The lowest BCUT2D eigenvalue weighted by molar-refractivity contribution is -0.121. The maximum Gasteiger partial charge on any atom is 0.233 e. The lowest BCUT2D eigenvalue weighted by atomic mass is 9.84. The minimum absolute atomic E-state index is 0. The van der Waals surface area contributed by atoms with Crippen LogP contribution in [0.15, 0.2) is 34.2 Å². The summed E-state index contributed by atoms with van der Waals surface area (Å²) in [4.78, 5) is 17.6. The molecule has 0 saturated carbocycles. The van der Waals surface area contributed by atoms with E-state index >= 15 is 0 Å². The fourth-order valence-electron chi connectivity index (χ4n) is 3.39. The van der Waals surface area contributed by atoms with Crippen molar-refractivity contribution in [1.82, 2.24) is 5.32 Å². The molecule has 5 nitrogen and oxygen atoms in total. The van der Waals surface area contributed by atoms with E-state index in [1.165, 1.54) is 6.26 Å². The highest BCUT2D eigenvalue weighted by atomic mass is 32.2. The van der Waals surface area contributed by atoms with E-state index in [1.807, 2.05) is 0 Å². The third kappa shape index (κ3) is 5.60. The monoisotopic (exact) mass is 406 g/mol. The molecule has 0 radical (unpaired) electrons. The van der Waals surface area contributed by atoms with Crippen molar-refractivity contribution >= 4 is 32.7 Å². The number of amidine groups is 1. The number of sulfone groups is 1. The van der Waals surface area contributed by atoms with Crippen molar-refractivity contribution in [3.63, 3.8) is 0 Å². The zero-order valence-corrected chi connectivity index (χ0v) is 17.0. The Morgan fingerprint density at radius 1 is 1.30 bits per heavy atom. The molecule has 1 atom stereocenters. The average Bonchev–Trinajstić information content (AvgIpc) is 3.00. The van der Waals surface area contributed by atoms with Gasteiger partial charge in [-0.1, -0.05) is 23.9 Å². The van der Waals surface area contributed by atoms with Crippen LogP contribution in [-0.4, -0.2) is 38.0 Å². The summed E-state index contributed by atoms with van der Waals surface area (Å²) < 4.78 is 23.4. The first-order chi connectivity index (χ1) is 12.9. The number of hydrogen-bond donors (Lipinski definition) is 1. The second-order valence-corrected chi connectivity index (χ2v) is 10.1. The van der Waals surface area contributed by atoms with Gasteiger partial charge in [0.05, 0.1) is 17.4 Å². The largest absolute Gasteiger partial charge is 0.305 e. The molecule has 0 bridgehead atoms. The summed E-state index contributed by atoms with van der Waals surface area (Å²) in [6.07, 6.45) is 5.64. The highest BCUT2D eigenvalue weighted by molar-refractivity contribution is 8.14. The maximum absolute atomic E-state index is 13.0. The smallest absolute Gasteiger partial charge is 0.233 e. The summed E-state index contributed by atoms with van der Waals surface area (Å²) in [5, 5.41) is 3.63. The summed E-state index contributed by atoms with van der Waals surface area (Å²) in [5.74, 6) is 7.23. The van der Waals surface area contributed by atoms with Gasteiger partial charge in [0.25, 0.3) is 0 Å². The molecular weight excluding hydrogens is 380 g/mol. The molecule has 7 heteroatoms. The predicted octanol–water partition coefficient (Wildman–Crippen LogP) is 3.22. The number of benzene rings is 1. The zero-order chi connectivity index (χ0) is 19.3. The molecule has 3 rings (SSSR count). The molecule has 0 aromatic heterocycles. The quantitative estimate of drug-likeness (QED) is 0.762. The summed E-state index contributed by atoms with van der Waals surface area (Å²) >= 11 is 1.56. The zero-order valence-electron chi connectivity index (χ0n) is 15.4.